The molecule has 11 heteroatoms. The lowest BCUT2D eigenvalue weighted by molar-refractivity contribution is 0.0695. The summed E-state index contributed by atoms with van der Waals surface area (Å²) in [5, 5.41) is 19.0. The number of aromatic nitrogens is 1. The largest absolute Gasteiger partial charge is 0.488 e. The monoisotopic (exact) mass is 434 g/mol. The quantitative estimate of drug-likeness (QED) is 0.467. The number of aromatic carboxylic acids is 2. The Hall–Kier alpha value is -4.28. The number of carboxylic acids is 2. The van der Waals surface area contributed by atoms with Gasteiger partial charge in [-0.3, -0.25) is 4.79 Å². The molecule has 0 aliphatic carbocycles. The number of hydrogen-bond acceptors (Lipinski definition) is 5. The molecule has 1 aromatic heterocycles. The van der Waals surface area contributed by atoms with Crippen molar-refractivity contribution >= 4 is 17.8 Å². The van der Waals surface area contributed by atoms with Crippen molar-refractivity contribution in [2.75, 3.05) is 5.73 Å². The van der Waals surface area contributed by atoms with Crippen LogP contribution in [-0.4, -0.2) is 27.1 Å². The lowest BCUT2D eigenvalue weighted by Crippen LogP contribution is -2.24. The average molecular weight is 434 g/mol. The number of halogens is 3. The van der Waals surface area contributed by atoms with Crippen LogP contribution in [0.2, 0.25) is 0 Å². The number of hydrogen-bond donors (Lipinski definition) is 4. The number of aromatic amines is 1. The number of ether oxygens (including phenoxy) is 1. The number of nitrogens with two attached hydrogens (primary N) is 1. The number of nitrogens with one attached hydrogen (secondary N) is 1. The minimum absolute atomic E-state index is 0.238. The van der Waals surface area contributed by atoms with E-state index in [1.165, 1.54) is 0 Å². The van der Waals surface area contributed by atoms with Gasteiger partial charge in [0.1, 0.15) is 46.8 Å². The molecule has 5 N–H and O–H groups in total. The van der Waals surface area contributed by atoms with Crippen LogP contribution in [0.5, 0.6) is 5.75 Å². The van der Waals surface area contributed by atoms with Crippen LogP contribution in [0.25, 0.3) is 11.1 Å². The Labute approximate surface area is 171 Å². The van der Waals surface area contributed by atoms with Gasteiger partial charge in [0.2, 0.25) is 0 Å². The molecule has 0 unspecified atom stereocenters. The van der Waals surface area contributed by atoms with Crippen LogP contribution < -0.4 is 16.0 Å². The van der Waals surface area contributed by atoms with Crippen LogP contribution >= 0.6 is 0 Å². The number of rotatable bonds is 6. The van der Waals surface area contributed by atoms with Gasteiger partial charge >= 0.3 is 11.9 Å². The van der Waals surface area contributed by atoms with Crippen molar-refractivity contribution in [2.45, 2.75) is 6.61 Å². The van der Waals surface area contributed by atoms with Gasteiger partial charge in [0.15, 0.2) is 0 Å². The SMILES string of the molecule is Nc1[nH]c(=O)c(C(=O)O)c(-c2ccc(F)cc2OCc2cc(F)ccc2F)c1C(=O)O. The van der Waals surface area contributed by atoms with Gasteiger partial charge in [0.05, 0.1) is 0 Å². The van der Waals surface area contributed by atoms with E-state index in [1.807, 2.05) is 4.98 Å². The molecule has 0 bridgehead atoms. The first-order valence-electron chi connectivity index (χ1n) is 8.49. The van der Waals surface area contributed by atoms with Crippen LogP contribution in [0.15, 0.2) is 41.2 Å². The first-order valence-corrected chi connectivity index (χ1v) is 8.49. The summed E-state index contributed by atoms with van der Waals surface area (Å²) in [6, 6.07) is 5.21. The molecule has 3 aromatic rings. The van der Waals surface area contributed by atoms with Crippen LogP contribution in [0.3, 0.4) is 0 Å². The molecular formula is C20H13F3N2O6. The second kappa shape index (κ2) is 8.22. The molecular weight excluding hydrogens is 421 g/mol. The van der Waals surface area contributed by atoms with Gasteiger partial charge in [0, 0.05) is 22.8 Å². The third kappa shape index (κ3) is 4.20. The van der Waals surface area contributed by atoms with Crippen molar-refractivity contribution in [1.82, 2.24) is 4.98 Å². The van der Waals surface area contributed by atoms with Gasteiger partial charge < -0.3 is 25.7 Å². The minimum Gasteiger partial charge on any atom is -0.488 e. The van der Waals surface area contributed by atoms with Gasteiger partial charge in [0.25, 0.3) is 5.56 Å². The molecule has 0 atom stereocenters. The standard InChI is InChI=1S/C20H13F3N2O6/c21-9-2-4-12(23)8(5-9)7-31-13-6-10(22)1-3-11(13)14-15(19(27)28)17(24)25-18(26)16(14)20(29)30/h1-6H,7H2,(H,27,28)(H,29,30)(H3,24,25,26). The molecule has 0 saturated carbocycles. The molecule has 0 spiro atoms. The Balaban J connectivity index is 2.23. The van der Waals surface area contributed by atoms with Crippen molar-refractivity contribution in [1.29, 1.82) is 0 Å². The van der Waals surface area contributed by atoms with E-state index in [9.17, 15) is 37.8 Å². The predicted octanol–water partition coefficient (Wildman–Crippen LogP) is 3.02. The van der Waals surface area contributed by atoms with Crippen LogP contribution in [-0.2, 0) is 6.61 Å². The van der Waals surface area contributed by atoms with Crippen molar-refractivity contribution in [3.63, 3.8) is 0 Å². The maximum atomic E-state index is 13.9. The molecule has 0 aliphatic heterocycles. The maximum absolute atomic E-state index is 13.9. The minimum atomic E-state index is -1.77. The lowest BCUT2D eigenvalue weighted by Gasteiger charge is -2.16. The van der Waals surface area contributed by atoms with E-state index in [0.717, 1.165) is 36.4 Å². The molecule has 0 fully saturated rings. The Bertz CT molecular complexity index is 1270. The highest BCUT2D eigenvalue weighted by molar-refractivity contribution is 6.08. The molecule has 0 aliphatic rings. The Morgan fingerprint density at radius 3 is 2.23 bits per heavy atom. The Kier molecular flexibility index (Phi) is 5.68. The smallest absolute Gasteiger partial charge is 0.342 e. The first kappa shape index (κ1) is 21.4. The number of H-pyrrole nitrogens is 1. The molecule has 3 rings (SSSR count). The van der Waals surface area contributed by atoms with E-state index < -0.39 is 69.8 Å². The highest BCUT2D eigenvalue weighted by atomic mass is 19.1. The zero-order chi connectivity index (χ0) is 22.9. The van der Waals surface area contributed by atoms with Crippen molar-refractivity contribution in [3.8, 4) is 16.9 Å². The third-order valence-electron chi connectivity index (χ3n) is 4.28. The van der Waals surface area contributed by atoms with Gasteiger partial charge in [-0.1, -0.05) is 0 Å². The average Bonchev–Trinajstić information content (AvgIpc) is 2.67. The van der Waals surface area contributed by atoms with Crippen molar-refractivity contribution in [2.24, 2.45) is 0 Å². The summed E-state index contributed by atoms with van der Waals surface area (Å²) in [5.41, 5.74) is 1.48. The van der Waals surface area contributed by atoms with Gasteiger partial charge in [-0.25, -0.2) is 22.8 Å². The third-order valence-corrected chi connectivity index (χ3v) is 4.28. The summed E-state index contributed by atoms with van der Waals surface area (Å²) in [4.78, 5) is 37.5. The van der Waals surface area contributed by atoms with E-state index in [-0.39, 0.29) is 11.1 Å². The fourth-order valence-corrected chi connectivity index (χ4v) is 2.95. The molecule has 1 heterocycles. The highest BCUT2D eigenvalue weighted by Crippen LogP contribution is 2.36. The fraction of sp³-hybridized carbons (Fsp3) is 0.0500. The number of anilines is 1. The normalized spacial score (nSPS) is 10.7. The second-order valence-electron chi connectivity index (χ2n) is 6.27. The maximum Gasteiger partial charge on any atom is 0.342 e. The molecule has 31 heavy (non-hydrogen) atoms. The van der Waals surface area contributed by atoms with Gasteiger partial charge in [-0.15, -0.1) is 0 Å². The molecule has 160 valence electrons. The van der Waals surface area contributed by atoms with Crippen LogP contribution in [0, 0.1) is 17.5 Å². The molecule has 0 amide bonds. The van der Waals surface area contributed by atoms with E-state index in [1.54, 1.807) is 0 Å². The summed E-state index contributed by atoms with van der Waals surface area (Å²) in [7, 11) is 0. The number of pyridine rings is 1. The highest BCUT2D eigenvalue weighted by Gasteiger charge is 2.28. The van der Waals surface area contributed by atoms with Gasteiger partial charge in [-0.2, -0.15) is 0 Å². The summed E-state index contributed by atoms with van der Waals surface area (Å²) in [5.74, 6) is -6.93. The summed E-state index contributed by atoms with van der Waals surface area (Å²) in [6.45, 7) is -0.608. The van der Waals surface area contributed by atoms with Crippen molar-refractivity contribution in [3.05, 3.63) is 80.9 Å². The summed E-state index contributed by atoms with van der Waals surface area (Å²) >= 11 is 0. The Morgan fingerprint density at radius 1 is 0.968 bits per heavy atom. The lowest BCUT2D eigenvalue weighted by atomic mass is 9.94. The second-order valence-corrected chi connectivity index (χ2v) is 6.27. The number of benzene rings is 2. The zero-order valence-electron chi connectivity index (χ0n) is 15.4. The number of carbonyl (C=O) groups is 2. The van der Waals surface area contributed by atoms with E-state index >= 15 is 0 Å². The van der Waals surface area contributed by atoms with E-state index in [2.05, 4.69) is 0 Å². The summed E-state index contributed by atoms with van der Waals surface area (Å²) in [6.07, 6.45) is 0. The first-order chi connectivity index (χ1) is 14.6. The van der Waals surface area contributed by atoms with Crippen molar-refractivity contribution < 1.29 is 37.7 Å². The Morgan fingerprint density at radius 2 is 1.58 bits per heavy atom. The molecule has 8 nitrogen and oxygen atoms in total. The predicted molar refractivity (Wildman–Crippen MR) is 101 cm³/mol. The zero-order valence-corrected chi connectivity index (χ0v) is 15.4. The van der Waals surface area contributed by atoms with Gasteiger partial charge in [-0.05, 0) is 30.3 Å². The molecule has 0 radical (unpaired) electrons. The van der Waals surface area contributed by atoms with Crippen LogP contribution in [0.4, 0.5) is 19.0 Å². The number of nitrogen functional groups attached to an aromatic ring is 1. The van der Waals surface area contributed by atoms with E-state index in [4.69, 9.17) is 10.5 Å². The topological polar surface area (TPSA) is 143 Å². The fourth-order valence-electron chi connectivity index (χ4n) is 2.95. The number of carboxylic acid groups (broad SMARTS) is 2. The molecule has 2 aromatic carbocycles. The van der Waals surface area contributed by atoms with Crippen LogP contribution in [0.1, 0.15) is 26.3 Å². The molecule has 0 saturated heterocycles. The van der Waals surface area contributed by atoms with E-state index in [0.29, 0.717) is 0 Å². The summed E-state index contributed by atoms with van der Waals surface area (Å²) < 4.78 is 46.5.